The van der Waals surface area contributed by atoms with Gasteiger partial charge in [-0.1, -0.05) is 12.8 Å². The van der Waals surface area contributed by atoms with Gasteiger partial charge in [0.25, 0.3) is 0 Å². The lowest BCUT2D eigenvalue weighted by molar-refractivity contribution is -0.131. The molecule has 39 heavy (non-hydrogen) atoms. The van der Waals surface area contributed by atoms with Crippen LogP contribution >= 0.6 is 0 Å². The summed E-state index contributed by atoms with van der Waals surface area (Å²) in [5.41, 5.74) is 4.10. The van der Waals surface area contributed by atoms with Gasteiger partial charge >= 0.3 is 0 Å². The Morgan fingerprint density at radius 2 is 1.92 bits per heavy atom. The third kappa shape index (κ3) is 6.21. The topological polar surface area (TPSA) is 92.0 Å². The number of allylic oxidation sites excluding steroid dienone is 1. The second-order valence-corrected chi connectivity index (χ2v) is 10.7. The SMILES string of the molecule is CN/C=C(\CNC)c1cc(F)cc(CNC(=O)C2NC=CC3=C2N(CC(=O)N(C)C)C(C2CCCC2)N3C)c1. The first kappa shape index (κ1) is 28.5. The first-order valence-corrected chi connectivity index (χ1v) is 13.7. The van der Waals surface area contributed by atoms with Gasteiger partial charge in [0.2, 0.25) is 11.8 Å². The Kier molecular flexibility index (Phi) is 9.16. The number of rotatable bonds is 10. The van der Waals surface area contributed by atoms with E-state index in [0.717, 1.165) is 35.4 Å². The zero-order valence-electron chi connectivity index (χ0n) is 23.7. The molecule has 1 aliphatic carbocycles. The molecule has 2 atom stereocenters. The first-order chi connectivity index (χ1) is 18.7. The van der Waals surface area contributed by atoms with E-state index in [1.165, 1.54) is 25.0 Å². The number of likely N-dealkylation sites (N-methyl/N-ethyl adjacent to an activating group) is 3. The van der Waals surface area contributed by atoms with Crippen molar-refractivity contribution < 1.29 is 14.0 Å². The van der Waals surface area contributed by atoms with Gasteiger partial charge in [-0.05, 0) is 73.0 Å². The molecule has 2 heterocycles. The number of nitrogens with zero attached hydrogens (tertiary/aromatic N) is 3. The highest BCUT2D eigenvalue weighted by atomic mass is 19.1. The van der Waals surface area contributed by atoms with Crippen LogP contribution in [0.1, 0.15) is 36.8 Å². The van der Waals surface area contributed by atoms with Crippen molar-refractivity contribution in [1.29, 1.82) is 0 Å². The van der Waals surface area contributed by atoms with Crippen molar-refractivity contribution in [2.24, 2.45) is 5.92 Å². The van der Waals surface area contributed by atoms with Gasteiger partial charge in [0, 0.05) is 47.5 Å². The van der Waals surface area contributed by atoms with Crippen LogP contribution in [0.4, 0.5) is 4.39 Å². The zero-order valence-corrected chi connectivity index (χ0v) is 23.7. The summed E-state index contributed by atoms with van der Waals surface area (Å²) in [6.07, 6.45) is 10.2. The smallest absolute Gasteiger partial charge is 0.249 e. The highest BCUT2D eigenvalue weighted by Crippen LogP contribution is 2.41. The Morgan fingerprint density at radius 1 is 1.18 bits per heavy atom. The summed E-state index contributed by atoms with van der Waals surface area (Å²) in [7, 11) is 9.21. The number of hydrogen-bond acceptors (Lipinski definition) is 7. The van der Waals surface area contributed by atoms with Crippen LogP contribution < -0.4 is 21.3 Å². The highest BCUT2D eigenvalue weighted by Gasteiger charge is 2.46. The fourth-order valence-corrected chi connectivity index (χ4v) is 5.96. The van der Waals surface area contributed by atoms with Gasteiger partial charge in [0.15, 0.2) is 0 Å². The standard InChI is InChI=1S/C29H42FN7O2/c1-31-16-22(17-32-2)21-12-19(13-23(30)14-21)15-34-28(39)26-27-24(10-11-33-26)36(5)29(20-8-6-7-9-20)37(27)18-25(38)35(3)4/h10-14,16,20,26,29,31-33H,6-9,15,17-18H2,1-5H3,(H,34,39)/b22-16+. The predicted octanol–water partition coefficient (Wildman–Crippen LogP) is 1.77. The molecule has 0 aromatic heterocycles. The average molecular weight is 540 g/mol. The van der Waals surface area contributed by atoms with Gasteiger partial charge in [-0.25, -0.2) is 4.39 Å². The number of benzene rings is 1. The molecule has 1 aromatic carbocycles. The molecule has 2 aliphatic heterocycles. The normalized spacial score (nSPS) is 21.2. The van der Waals surface area contributed by atoms with E-state index < -0.39 is 6.04 Å². The van der Waals surface area contributed by atoms with Gasteiger partial charge in [-0.2, -0.15) is 0 Å². The molecule has 1 fully saturated rings. The maximum Gasteiger partial charge on any atom is 0.249 e. The molecular weight excluding hydrogens is 497 g/mol. The number of carbonyl (C=O) groups is 2. The summed E-state index contributed by atoms with van der Waals surface area (Å²) >= 11 is 0. The van der Waals surface area contributed by atoms with Crippen LogP contribution in [0.3, 0.4) is 0 Å². The third-order valence-corrected chi connectivity index (χ3v) is 7.81. The third-order valence-electron chi connectivity index (χ3n) is 7.81. The van der Waals surface area contributed by atoms with E-state index in [4.69, 9.17) is 0 Å². The van der Waals surface area contributed by atoms with E-state index in [-0.39, 0.29) is 36.9 Å². The number of carbonyl (C=O) groups excluding carboxylic acids is 2. The molecule has 4 rings (SSSR count). The van der Waals surface area contributed by atoms with Crippen molar-refractivity contribution in [3.63, 3.8) is 0 Å². The lowest BCUT2D eigenvalue weighted by atomic mass is 10.0. The van der Waals surface area contributed by atoms with Gasteiger partial charge in [0.1, 0.15) is 18.0 Å². The fraction of sp³-hybridized carbons (Fsp3) is 0.517. The highest BCUT2D eigenvalue weighted by molar-refractivity contribution is 5.86. The van der Waals surface area contributed by atoms with Gasteiger partial charge < -0.3 is 36.0 Å². The molecule has 0 spiro atoms. The molecular formula is C29H42FN7O2. The summed E-state index contributed by atoms with van der Waals surface area (Å²) in [5.74, 6) is -0.158. The molecule has 1 saturated carbocycles. The van der Waals surface area contributed by atoms with Gasteiger partial charge in [0.05, 0.1) is 17.9 Å². The van der Waals surface area contributed by atoms with Crippen molar-refractivity contribution in [1.82, 2.24) is 36.0 Å². The molecule has 0 bridgehead atoms. The number of nitrogens with one attached hydrogen (secondary N) is 4. The van der Waals surface area contributed by atoms with E-state index in [9.17, 15) is 14.0 Å². The average Bonchev–Trinajstić information content (AvgIpc) is 3.53. The fourth-order valence-electron chi connectivity index (χ4n) is 5.96. The number of dihydropyridines is 1. The second-order valence-electron chi connectivity index (χ2n) is 10.7. The van der Waals surface area contributed by atoms with Crippen molar-refractivity contribution in [3.05, 3.63) is 65.0 Å². The van der Waals surface area contributed by atoms with E-state index >= 15 is 0 Å². The molecule has 0 radical (unpaired) electrons. The Hall–Kier alpha value is -3.53. The second kappa shape index (κ2) is 12.5. The van der Waals surface area contributed by atoms with E-state index in [1.807, 2.05) is 25.4 Å². The molecule has 10 heteroatoms. The Morgan fingerprint density at radius 3 is 2.59 bits per heavy atom. The number of amides is 2. The van der Waals surface area contributed by atoms with Crippen molar-refractivity contribution >= 4 is 17.4 Å². The molecule has 4 N–H and O–H groups in total. The van der Waals surface area contributed by atoms with Crippen LogP contribution in [0.15, 0.2) is 48.1 Å². The van der Waals surface area contributed by atoms with Crippen molar-refractivity contribution in [2.75, 3.05) is 48.3 Å². The van der Waals surface area contributed by atoms with E-state index in [2.05, 4.69) is 38.1 Å². The van der Waals surface area contributed by atoms with Gasteiger partial charge in [-0.3, -0.25) is 9.59 Å². The lowest BCUT2D eigenvalue weighted by Crippen LogP contribution is -2.52. The molecule has 3 aliphatic rings. The Bertz CT molecular complexity index is 1160. The Labute approximate surface area is 231 Å². The molecule has 212 valence electrons. The first-order valence-electron chi connectivity index (χ1n) is 13.7. The summed E-state index contributed by atoms with van der Waals surface area (Å²) in [5, 5.41) is 12.3. The van der Waals surface area contributed by atoms with Crippen molar-refractivity contribution in [2.45, 2.75) is 44.4 Å². The molecule has 0 saturated heterocycles. The summed E-state index contributed by atoms with van der Waals surface area (Å²) in [6.45, 7) is 0.956. The lowest BCUT2D eigenvalue weighted by Gasteiger charge is -2.38. The zero-order chi connectivity index (χ0) is 28.1. The van der Waals surface area contributed by atoms with Crippen LogP contribution in [0.5, 0.6) is 0 Å². The van der Waals surface area contributed by atoms with Crippen LogP contribution in [0.25, 0.3) is 5.57 Å². The minimum Gasteiger partial charge on any atom is -0.394 e. The van der Waals surface area contributed by atoms with Crippen LogP contribution in [-0.4, -0.2) is 87.0 Å². The number of halogens is 1. The molecule has 2 amide bonds. The van der Waals surface area contributed by atoms with Crippen LogP contribution in [0, 0.1) is 11.7 Å². The predicted molar refractivity (Wildman–Crippen MR) is 151 cm³/mol. The molecule has 9 nitrogen and oxygen atoms in total. The Balaban J connectivity index is 1.56. The molecule has 2 unspecified atom stereocenters. The van der Waals surface area contributed by atoms with Crippen molar-refractivity contribution in [3.8, 4) is 0 Å². The maximum atomic E-state index is 14.5. The quantitative estimate of drug-likeness (QED) is 0.360. The van der Waals surface area contributed by atoms with Crippen LogP contribution in [-0.2, 0) is 16.1 Å². The molecule has 1 aromatic rings. The van der Waals surface area contributed by atoms with E-state index in [0.29, 0.717) is 18.0 Å². The summed E-state index contributed by atoms with van der Waals surface area (Å²) in [4.78, 5) is 32.5. The van der Waals surface area contributed by atoms with E-state index in [1.54, 1.807) is 32.2 Å². The number of hydrogen-bond donors (Lipinski definition) is 4. The summed E-state index contributed by atoms with van der Waals surface area (Å²) in [6, 6.07) is 4.17. The van der Waals surface area contributed by atoms with Gasteiger partial charge in [-0.15, -0.1) is 0 Å². The summed E-state index contributed by atoms with van der Waals surface area (Å²) < 4.78 is 14.5. The van der Waals surface area contributed by atoms with Crippen LogP contribution in [0.2, 0.25) is 0 Å². The minimum atomic E-state index is -0.661. The monoisotopic (exact) mass is 539 g/mol. The maximum absolute atomic E-state index is 14.5. The minimum absolute atomic E-state index is 0.00635. The largest absolute Gasteiger partial charge is 0.394 e.